The number of aromatic hydroxyl groups is 1. The fourth-order valence-electron chi connectivity index (χ4n) is 2.28. The van der Waals surface area contributed by atoms with Crippen LogP contribution in [0.1, 0.15) is 5.56 Å². The molecule has 0 saturated carbocycles. The fourth-order valence-corrected chi connectivity index (χ4v) is 2.78. The van der Waals surface area contributed by atoms with Gasteiger partial charge in [0.2, 0.25) is 0 Å². The molecular weight excluding hydrogens is 307 g/mol. The average molecular weight is 318 g/mol. The SMILES string of the molecule is O=[SH](=O)Cc1ccc(-c2cc(O)c3ncncc3c2)c(F)c1. The van der Waals surface area contributed by atoms with Gasteiger partial charge < -0.3 is 5.11 Å². The molecule has 3 aromatic rings. The second kappa shape index (κ2) is 5.69. The van der Waals surface area contributed by atoms with Crippen LogP contribution in [0.5, 0.6) is 5.75 Å². The number of nitrogens with zero attached hydrogens (tertiary/aromatic N) is 2. The number of thiol groups is 1. The molecule has 0 aliphatic rings. The zero-order valence-corrected chi connectivity index (χ0v) is 12.1. The molecule has 2 aromatic carbocycles. The summed E-state index contributed by atoms with van der Waals surface area (Å²) in [5.74, 6) is -0.824. The van der Waals surface area contributed by atoms with Gasteiger partial charge in [-0.1, -0.05) is 12.1 Å². The molecule has 112 valence electrons. The maximum atomic E-state index is 14.2. The van der Waals surface area contributed by atoms with E-state index in [-0.39, 0.29) is 17.1 Å². The van der Waals surface area contributed by atoms with E-state index >= 15 is 0 Å². The van der Waals surface area contributed by atoms with E-state index in [0.717, 1.165) is 0 Å². The van der Waals surface area contributed by atoms with Crippen molar-refractivity contribution < 1.29 is 17.9 Å². The Labute approximate surface area is 127 Å². The number of fused-ring (bicyclic) bond motifs is 1. The quantitative estimate of drug-likeness (QED) is 0.724. The summed E-state index contributed by atoms with van der Waals surface area (Å²) >= 11 is 0. The molecule has 0 spiro atoms. The van der Waals surface area contributed by atoms with Crippen molar-refractivity contribution in [3.05, 3.63) is 54.2 Å². The predicted molar refractivity (Wildman–Crippen MR) is 80.6 cm³/mol. The fraction of sp³-hybridized carbons (Fsp3) is 0.0667. The van der Waals surface area contributed by atoms with E-state index < -0.39 is 16.5 Å². The lowest BCUT2D eigenvalue weighted by atomic mass is 10.0. The van der Waals surface area contributed by atoms with Gasteiger partial charge in [0.1, 0.15) is 34.1 Å². The summed E-state index contributed by atoms with van der Waals surface area (Å²) < 4.78 is 35.6. The van der Waals surface area contributed by atoms with Crippen molar-refractivity contribution in [1.29, 1.82) is 0 Å². The van der Waals surface area contributed by atoms with Crippen molar-refractivity contribution in [1.82, 2.24) is 9.97 Å². The van der Waals surface area contributed by atoms with Crippen molar-refractivity contribution in [2.45, 2.75) is 5.75 Å². The molecule has 3 rings (SSSR count). The summed E-state index contributed by atoms with van der Waals surface area (Å²) in [5.41, 5.74) is 1.51. The largest absolute Gasteiger partial charge is 0.506 e. The Morgan fingerprint density at radius 1 is 1.18 bits per heavy atom. The first-order valence-corrected chi connectivity index (χ1v) is 7.74. The first-order chi connectivity index (χ1) is 10.5. The lowest BCUT2D eigenvalue weighted by Crippen LogP contribution is -1.92. The van der Waals surface area contributed by atoms with Crippen molar-refractivity contribution in [3.8, 4) is 16.9 Å². The monoisotopic (exact) mass is 318 g/mol. The molecule has 22 heavy (non-hydrogen) atoms. The lowest BCUT2D eigenvalue weighted by Gasteiger charge is -2.08. The molecular formula is C15H11FN2O3S. The van der Waals surface area contributed by atoms with Crippen molar-refractivity contribution in [2.24, 2.45) is 0 Å². The van der Waals surface area contributed by atoms with Gasteiger partial charge in [-0.25, -0.2) is 22.8 Å². The lowest BCUT2D eigenvalue weighted by molar-refractivity contribution is 0.480. The highest BCUT2D eigenvalue weighted by atomic mass is 32.2. The van der Waals surface area contributed by atoms with E-state index in [4.69, 9.17) is 0 Å². The highest BCUT2D eigenvalue weighted by Gasteiger charge is 2.11. The Balaban J connectivity index is 2.11. The molecule has 0 unspecified atom stereocenters. The third-order valence-electron chi connectivity index (χ3n) is 3.24. The molecule has 0 saturated heterocycles. The molecule has 0 fully saturated rings. The van der Waals surface area contributed by atoms with Gasteiger partial charge in [-0.2, -0.15) is 0 Å². The van der Waals surface area contributed by atoms with Gasteiger partial charge in [-0.3, -0.25) is 0 Å². The van der Waals surface area contributed by atoms with E-state index in [1.165, 1.54) is 30.7 Å². The molecule has 5 nitrogen and oxygen atoms in total. The minimum atomic E-state index is -2.60. The van der Waals surface area contributed by atoms with Gasteiger partial charge >= 0.3 is 0 Å². The number of hydrogen-bond acceptors (Lipinski definition) is 5. The number of phenolic OH excluding ortho intramolecular Hbond substituents is 1. The second-order valence-electron chi connectivity index (χ2n) is 4.76. The van der Waals surface area contributed by atoms with Crippen molar-refractivity contribution in [3.63, 3.8) is 0 Å². The molecule has 0 bridgehead atoms. The predicted octanol–water partition coefficient (Wildman–Crippen LogP) is 2.25. The summed E-state index contributed by atoms with van der Waals surface area (Å²) in [4.78, 5) is 7.84. The first kappa shape index (κ1) is 14.4. The molecule has 1 N–H and O–H groups in total. The number of aromatic nitrogens is 2. The third kappa shape index (κ3) is 2.75. The van der Waals surface area contributed by atoms with E-state index in [1.54, 1.807) is 12.1 Å². The number of phenols is 1. The van der Waals surface area contributed by atoms with Crippen molar-refractivity contribution in [2.75, 3.05) is 0 Å². The standard InChI is InChI=1S/C15H11FN2O3S/c16-13-3-9(7-22(20)21)1-2-12(13)10-4-11-6-17-8-18-15(11)14(19)5-10/h1-6,8,19,22H,7H2. The zero-order chi connectivity index (χ0) is 15.7. The number of halogens is 1. The summed E-state index contributed by atoms with van der Waals surface area (Å²) in [7, 11) is -2.60. The normalized spacial score (nSPS) is 11.2. The molecule has 1 heterocycles. The van der Waals surface area contributed by atoms with E-state index in [9.17, 15) is 17.9 Å². The Morgan fingerprint density at radius 3 is 2.73 bits per heavy atom. The second-order valence-corrected chi connectivity index (χ2v) is 5.74. The van der Waals surface area contributed by atoms with Crippen LogP contribution < -0.4 is 0 Å². The minimum Gasteiger partial charge on any atom is -0.506 e. The molecule has 0 aliphatic heterocycles. The maximum absolute atomic E-state index is 14.2. The van der Waals surface area contributed by atoms with Crippen LogP contribution in [0.3, 0.4) is 0 Å². The summed E-state index contributed by atoms with van der Waals surface area (Å²) in [6.45, 7) is 0. The molecule has 0 aliphatic carbocycles. The Bertz CT molecular complexity index is 933. The summed E-state index contributed by atoms with van der Waals surface area (Å²) in [6, 6.07) is 7.31. The first-order valence-electron chi connectivity index (χ1n) is 6.38. The van der Waals surface area contributed by atoms with Crippen LogP contribution in [0.15, 0.2) is 42.9 Å². The van der Waals surface area contributed by atoms with Crippen LogP contribution in [0, 0.1) is 5.82 Å². The van der Waals surface area contributed by atoms with Gasteiger partial charge in [0.05, 0.1) is 5.75 Å². The highest BCUT2D eigenvalue weighted by molar-refractivity contribution is 7.71. The van der Waals surface area contributed by atoms with E-state index in [2.05, 4.69) is 9.97 Å². The van der Waals surface area contributed by atoms with Gasteiger partial charge in [-0.05, 0) is 29.3 Å². The third-order valence-corrected chi connectivity index (χ3v) is 3.87. The van der Waals surface area contributed by atoms with Crippen LogP contribution in [-0.4, -0.2) is 23.5 Å². The highest BCUT2D eigenvalue weighted by Crippen LogP contribution is 2.31. The Kier molecular flexibility index (Phi) is 3.72. The Morgan fingerprint density at radius 2 is 2.00 bits per heavy atom. The molecule has 0 amide bonds. The van der Waals surface area contributed by atoms with Crippen molar-refractivity contribution >= 4 is 21.6 Å². The average Bonchev–Trinajstić information content (AvgIpc) is 2.46. The maximum Gasteiger partial charge on any atom is 0.144 e. The molecule has 1 aromatic heterocycles. The zero-order valence-electron chi connectivity index (χ0n) is 11.2. The number of rotatable bonds is 3. The van der Waals surface area contributed by atoms with Gasteiger partial charge in [0.25, 0.3) is 0 Å². The Hall–Kier alpha value is -2.54. The topological polar surface area (TPSA) is 80.2 Å². The molecule has 7 heteroatoms. The van der Waals surface area contributed by atoms with Gasteiger partial charge in [0, 0.05) is 17.1 Å². The van der Waals surface area contributed by atoms with E-state index in [0.29, 0.717) is 22.0 Å². The van der Waals surface area contributed by atoms with Crippen LogP contribution in [0.2, 0.25) is 0 Å². The summed E-state index contributed by atoms with van der Waals surface area (Å²) in [6.07, 6.45) is 2.85. The smallest absolute Gasteiger partial charge is 0.144 e. The van der Waals surface area contributed by atoms with Gasteiger partial charge in [0.15, 0.2) is 0 Å². The number of hydrogen-bond donors (Lipinski definition) is 2. The molecule has 0 radical (unpaired) electrons. The van der Waals surface area contributed by atoms with Gasteiger partial charge in [-0.15, -0.1) is 0 Å². The molecule has 0 atom stereocenters. The summed E-state index contributed by atoms with van der Waals surface area (Å²) in [5, 5.41) is 10.6. The van der Waals surface area contributed by atoms with Crippen LogP contribution in [-0.2, 0) is 16.5 Å². The van der Waals surface area contributed by atoms with E-state index in [1.807, 2.05) is 0 Å². The number of benzene rings is 2. The van der Waals surface area contributed by atoms with Crippen LogP contribution >= 0.6 is 0 Å². The van der Waals surface area contributed by atoms with Crippen LogP contribution in [0.25, 0.3) is 22.0 Å². The van der Waals surface area contributed by atoms with Crippen LogP contribution in [0.4, 0.5) is 4.39 Å². The minimum absolute atomic E-state index is 0.0685.